The molecule has 0 spiro atoms. The Balaban J connectivity index is 1.48. The van der Waals surface area contributed by atoms with E-state index in [-0.39, 0.29) is 5.82 Å². The lowest BCUT2D eigenvalue weighted by molar-refractivity contribution is 0.527. The molecule has 0 radical (unpaired) electrons. The van der Waals surface area contributed by atoms with Gasteiger partial charge in [-0.2, -0.15) is 5.10 Å². The molecule has 2 aromatic rings. The zero-order valence-electron chi connectivity index (χ0n) is 19.1. The maximum atomic E-state index is 14.2. The van der Waals surface area contributed by atoms with Crippen LogP contribution in [0, 0.1) is 11.2 Å². The minimum absolute atomic E-state index is 0.235. The highest BCUT2D eigenvalue weighted by Crippen LogP contribution is 2.49. The van der Waals surface area contributed by atoms with Crippen LogP contribution < -0.4 is 16.0 Å². The Labute approximate surface area is 193 Å². The molecule has 0 saturated heterocycles. The topological polar surface area (TPSA) is 66.3 Å². The van der Waals surface area contributed by atoms with Crippen molar-refractivity contribution in [2.75, 3.05) is 0 Å². The molecule has 7 heteroatoms. The molecule has 2 aliphatic heterocycles. The van der Waals surface area contributed by atoms with Crippen molar-refractivity contribution in [3.05, 3.63) is 101 Å². The van der Waals surface area contributed by atoms with Gasteiger partial charge < -0.3 is 16.0 Å². The lowest BCUT2D eigenvalue weighted by atomic mass is 9.77. The van der Waals surface area contributed by atoms with Crippen LogP contribution in [0.3, 0.4) is 0 Å². The lowest BCUT2D eigenvalue weighted by Gasteiger charge is -2.33. The normalized spacial score (nSPS) is 22.0. The van der Waals surface area contributed by atoms with E-state index in [4.69, 9.17) is 10.1 Å². The smallest absolute Gasteiger partial charge is 0.160 e. The third-order valence-electron chi connectivity index (χ3n) is 6.71. The van der Waals surface area contributed by atoms with Crippen molar-refractivity contribution < 1.29 is 4.39 Å². The van der Waals surface area contributed by atoms with Crippen LogP contribution in [0.5, 0.6) is 0 Å². The van der Waals surface area contributed by atoms with Crippen LogP contribution in [0.1, 0.15) is 43.6 Å². The van der Waals surface area contributed by atoms with E-state index in [0.29, 0.717) is 35.5 Å². The van der Waals surface area contributed by atoms with Crippen molar-refractivity contribution >= 4 is 5.84 Å². The molecule has 1 unspecified atom stereocenters. The number of rotatable bonds is 7. The van der Waals surface area contributed by atoms with Gasteiger partial charge in [0.05, 0.1) is 12.0 Å². The van der Waals surface area contributed by atoms with Crippen molar-refractivity contribution in [3.8, 4) is 0 Å². The molecule has 1 saturated carbocycles. The van der Waals surface area contributed by atoms with Crippen molar-refractivity contribution in [1.82, 2.24) is 25.7 Å². The summed E-state index contributed by atoms with van der Waals surface area (Å²) in [7, 11) is 0. The van der Waals surface area contributed by atoms with Gasteiger partial charge in [-0.15, -0.1) is 0 Å². The number of aliphatic imine (C=N–C) groups is 1. The summed E-state index contributed by atoms with van der Waals surface area (Å²) in [5, 5.41) is 14.9. The fourth-order valence-electron chi connectivity index (χ4n) is 4.45. The summed E-state index contributed by atoms with van der Waals surface area (Å²) in [4.78, 5) is 4.83. The second-order valence-corrected chi connectivity index (χ2v) is 9.04. The van der Waals surface area contributed by atoms with Crippen LogP contribution in [0.15, 0.2) is 83.5 Å². The molecule has 5 rings (SSSR count). The first-order valence-corrected chi connectivity index (χ1v) is 11.3. The van der Waals surface area contributed by atoms with Crippen molar-refractivity contribution in [3.63, 3.8) is 0 Å². The Morgan fingerprint density at radius 2 is 2.03 bits per heavy atom. The summed E-state index contributed by atoms with van der Waals surface area (Å²) in [6.45, 7) is 17.3. The largest absolute Gasteiger partial charge is 0.385 e. The lowest BCUT2D eigenvalue weighted by Crippen LogP contribution is -2.36. The fraction of sp³-hybridized carbons (Fsp3) is 0.308. The van der Waals surface area contributed by atoms with Gasteiger partial charge in [-0.1, -0.05) is 44.9 Å². The predicted octanol–water partition coefficient (Wildman–Crippen LogP) is 4.10. The number of hydrogen-bond acceptors (Lipinski definition) is 5. The Morgan fingerprint density at radius 1 is 1.27 bits per heavy atom. The molecule has 6 nitrogen and oxygen atoms in total. The van der Waals surface area contributed by atoms with E-state index in [9.17, 15) is 4.39 Å². The van der Waals surface area contributed by atoms with Gasteiger partial charge in [0.1, 0.15) is 17.3 Å². The molecule has 1 aliphatic carbocycles. The zero-order valence-corrected chi connectivity index (χ0v) is 19.1. The molecule has 0 bridgehead atoms. The zero-order chi connectivity index (χ0) is 23.3. The van der Waals surface area contributed by atoms with Crippen molar-refractivity contribution in [2.45, 2.75) is 45.7 Å². The highest BCUT2D eigenvalue weighted by Gasteiger charge is 2.47. The molecule has 0 amide bonds. The second-order valence-electron chi connectivity index (χ2n) is 9.04. The van der Waals surface area contributed by atoms with Gasteiger partial charge in [0.2, 0.25) is 0 Å². The molecule has 1 aromatic heterocycles. The maximum Gasteiger partial charge on any atom is 0.160 e. The van der Waals surface area contributed by atoms with Crippen LogP contribution in [0.2, 0.25) is 0 Å². The van der Waals surface area contributed by atoms with E-state index in [1.807, 2.05) is 16.8 Å². The second kappa shape index (κ2) is 7.76. The first-order valence-electron chi connectivity index (χ1n) is 11.3. The molecule has 1 atom stereocenters. The van der Waals surface area contributed by atoms with E-state index >= 15 is 0 Å². The number of hydrogen-bond donors (Lipinski definition) is 3. The highest BCUT2D eigenvalue weighted by molar-refractivity contribution is 6.00. The van der Waals surface area contributed by atoms with Gasteiger partial charge in [0.15, 0.2) is 5.84 Å². The van der Waals surface area contributed by atoms with Gasteiger partial charge in [-0.25, -0.2) is 9.38 Å². The Kier molecular flexibility index (Phi) is 5.00. The van der Waals surface area contributed by atoms with Gasteiger partial charge in [0, 0.05) is 40.0 Å². The average molecular weight is 445 g/mol. The monoisotopic (exact) mass is 444 g/mol. The Hall–Kier alpha value is -3.61. The number of aromatic nitrogens is 2. The first-order chi connectivity index (χ1) is 15.8. The third kappa shape index (κ3) is 3.57. The van der Waals surface area contributed by atoms with Gasteiger partial charge in [-0.05, 0) is 38.3 Å². The summed E-state index contributed by atoms with van der Waals surface area (Å²) >= 11 is 0. The number of aryl methyl sites for hydroxylation is 1. The van der Waals surface area contributed by atoms with Crippen molar-refractivity contribution in [2.24, 2.45) is 10.4 Å². The number of halogens is 1. The minimum Gasteiger partial charge on any atom is -0.385 e. The third-order valence-corrected chi connectivity index (χ3v) is 6.71. The van der Waals surface area contributed by atoms with Crippen LogP contribution in [-0.2, 0) is 13.0 Å². The summed E-state index contributed by atoms with van der Waals surface area (Å²) in [5.41, 5.74) is 5.16. The molecule has 33 heavy (non-hydrogen) atoms. The molecule has 3 aliphatic rings. The molecule has 1 fully saturated rings. The van der Waals surface area contributed by atoms with E-state index in [1.165, 1.54) is 6.07 Å². The number of nitrogens with zero attached hydrogens (tertiary/aromatic N) is 3. The quantitative estimate of drug-likeness (QED) is 0.602. The summed E-state index contributed by atoms with van der Waals surface area (Å²) < 4.78 is 16.0. The summed E-state index contributed by atoms with van der Waals surface area (Å²) in [6.07, 6.45) is 3.10. The molecule has 3 heterocycles. The maximum absolute atomic E-state index is 14.2. The van der Waals surface area contributed by atoms with Gasteiger partial charge >= 0.3 is 0 Å². The highest BCUT2D eigenvalue weighted by atomic mass is 19.1. The van der Waals surface area contributed by atoms with E-state index in [0.717, 1.165) is 47.6 Å². The first kappa shape index (κ1) is 21.2. The average Bonchev–Trinajstić information content (AvgIpc) is 3.43. The SMILES string of the molecule is C=C1NC(c2cc(CC)n(Cc3ccccc3F)n2)=NC2=C1C(C)(C(=C)NC1CC1)C(=C)N2. The Morgan fingerprint density at radius 3 is 2.73 bits per heavy atom. The molecule has 1 aromatic carbocycles. The van der Waals surface area contributed by atoms with Crippen molar-refractivity contribution in [1.29, 1.82) is 0 Å². The molecular formula is C26H29FN6. The molecule has 3 N–H and O–H groups in total. The van der Waals surface area contributed by atoms with Crippen LogP contribution in [-0.4, -0.2) is 21.7 Å². The fourth-order valence-corrected chi connectivity index (χ4v) is 4.45. The number of benzene rings is 1. The van der Waals surface area contributed by atoms with Gasteiger partial charge in [-0.3, -0.25) is 4.68 Å². The minimum atomic E-state index is -0.518. The van der Waals surface area contributed by atoms with Crippen LogP contribution in [0.25, 0.3) is 0 Å². The standard InChI is InChI=1S/C26H29FN6/c1-6-20-13-22(32-33(20)14-18-9-7-8-10-21(18)27)24-28-15(2)23-25(31-24)30-17(4)26(23,5)16(3)29-19-11-12-19/h7-10,13,19,29-30H,2-4,6,11-12,14H2,1,5H3,(H,28,31). The number of nitrogens with one attached hydrogen (secondary N) is 3. The Bertz CT molecular complexity index is 1250. The summed E-state index contributed by atoms with van der Waals surface area (Å²) in [6, 6.07) is 9.25. The summed E-state index contributed by atoms with van der Waals surface area (Å²) in [5.74, 6) is 1.08. The van der Waals surface area contributed by atoms with Crippen LogP contribution >= 0.6 is 0 Å². The van der Waals surface area contributed by atoms with Crippen LogP contribution in [0.4, 0.5) is 4.39 Å². The number of allylic oxidation sites excluding steroid dienone is 1. The number of amidine groups is 1. The van der Waals surface area contributed by atoms with E-state index < -0.39 is 5.41 Å². The van der Waals surface area contributed by atoms with Gasteiger partial charge in [0.25, 0.3) is 0 Å². The molecular weight excluding hydrogens is 415 g/mol. The predicted molar refractivity (Wildman–Crippen MR) is 129 cm³/mol. The van der Waals surface area contributed by atoms with E-state index in [1.54, 1.807) is 12.1 Å². The molecule has 170 valence electrons. The van der Waals surface area contributed by atoms with E-state index in [2.05, 4.69) is 49.5 Å².